The van der Waals surface area contributed by atoms with Crippen molar-refractivity contribution in [1.29, 1.82) is 0 Å². The Hall–Kier alpha value is -3.10. The van der Waals surface area contributed by atoms with Crippen LogP contribution in [0.15, 0.2) is 59.8 Å². The van der Waals surface area contributed by atoms with E-state index in [9.17, 15) is 13.2 Å². The third-order valence-electron chi connectivity index (χ3n) is 4.47. The molecule has 2 aromatic heterocycles. The molecule has 7 nitrogen and oxygen atoms in total. The van der Waals surface area contributed by atoms with Crippen LogP contribution >= 0.6 is 0 Å². The highest BCUT2D eigenvalue weighted by Crippen LogP contribution is 2.22. The summed E-state index contributed by atoms with van der Waals surface area (Å²) in [7, 11) is -3.37. The summed E-state index contributed by atoms with van der Waals surface area (Å²) in [5.74, 6) is 0. The molecule has 0 saturated heterocycles. The van der Waals surface area contributed by atoms with Gasteiger partial charge in [-0.1, -0.05) is 18.2 Å². The van der Waals surface area contributed by atoms with Crippen LogP contribution in [-0.2, 0) is 16.4 Å². The summed E-state index contributed by atoms with van der Waals surface area (Å²) in [5.41, 5.74) is 3.31. The number of fused-ring (bicyclic) bond motifs is 2. The van der Waals surface area contributed by atoms with Crippen LogP contribution in [0.4, 0.5) is 11.4 Å². The van der Waals surface area contributed by atoms with Crippen LogP contribution in [0, 0.1) is 0 Å². The van der Waals surface area contributed by atoms with Crippen molar-refractivity contribution in [3.05, 3.63) is 76.3 Å². The monoisotopic (exact) mass is 394 g/mol. The van der Waals surface area contributed by atoms with Gasteiger partial charge in [0.2, 0.25) is 10.0 Å². The molecule has 2 heterocycles. The first-order chi connectivity index (χ1) is 13.4. The zero-order valence-electron chi connectivity index (χ0n) is 15.1. The lowest BCUT2D eigenvalue weighted by Crippen LogP contribution is -2.36. The number of sulfonamides is 1. The average molecular weight is 394 g/mol. The van der Waals surface area contributed by atoms with E-state index >= 15 is 0 Å². The Morgan fingerprint density at radius 3 is 2.64 bits per heavy atom. The fraction of sp³-hybridized carbons (Fsp3) is 0.150. The third kappa shape index (κ3) is 3.92. The highest BCUT2D eigenvalue weighted by Gasteiger charge is 2.20. The Morgan fingerprint density at radius 1 is 1.11 bits per heavy atom. The number of aromatic nitrogens is 2. The van der Waals surface area contributed by atoms with Gasteiger partial charge in [-0.2, -0.15) is 0 Å². The van der Waals surface area contributed by atoms with E-state index in [0.29, 0.717) is 28.6 Å². The Morgan fingerprint density at radius 2 is 1.89 bits per heavy atom. The van der Waals surface area contributed by atoms with Gasteiger partial charge in [0.25, 0.3) is 0 Å². The highest BCUT2D eigenvalue weighted by atomic mass is 32.2. The molecule has 4 rings (SSSR count). The molecule has 1 aliphatic carbocycles. The predicted molar refractivity (Wildman–Crippen MR) is 110 cm³/mol. The fourth-order valence-electron chi connectivity index (χ4n) is 3.25. The first-order valence-corrected chi connectivity index (χ1v) is 10.6. The number of nitrogens with zero attached hydrogens (tertiary/aromatic N) is 2. The number of hydrogen-bond donors (Lipinski definition) is 2. The summed E-state index contributed by atoms with van der Waals surface area (Å²) in [6, 6.07) is 8.61. The molecule has 8 heteroatoms. The molecule has 0 saturated carbocycles. The molecule has 0 radical (unpaired) electrons. The molecule has 1 atom stereocenters. The van der Waals surface area contributed by atoms with E-state index in [1.165, 1.54) is 0 Å². The van der Waals surface area contributed by atoms with E-state index in [2.05, 4.69) is 20.0 Å². The minimum Gasteiger partial charge on any atom is -0.354 e. The molecule has 0 aliphatic heterocycles. The summed E-state index contributed by atoms with van der Waals surface area (Å²) in [6.07, 6.45) is 9.96. The van der Waals surface area contributed by atoms with E-state index in [4.69, 9.17) is 0 Å². The summed E-state index contributed by atoms with van der Waals surface area (Å²) >= 11 is 0. The largest absolute Gasteiger partial charge is 0.354 e. The van der Waals surface area contributed by atoms with Crippen LogP contribution in [0.25, 0.3) is 17.0 Å². The van der Waals surface area contributed by atoms with E-state index in [0.717, 1.165) is 17.5 Å². The third-order valence-corrected chi connectivity index (χ3v) is 5.20. The number of hydrogen-bond acceptors (Lipinski definition) is 6. The summed E-state index contributed by atoms with van der Waals surface area (Å²) < 4.78 is 25.6. The van der Waals surface area contributed by atoms with Crippen LogP contribution in [0.3, 0.4) is 0 Å². The van der Waals surface area contributed by atoms with Crippen LogP contribution < -0.4 is 15.5 Å². The number of pyridine rings is 2. The average Bonchev–Trinajstić information content (AvgIpc) is 2.79. The van der Waals surface area contributed by atoms with Gasteiger partial charge in [-0.15, -0.1) is 0 Å². The molecule has 142 valence electrons. The first kappa shape index (κ1) is 18.3. The second kappa shape index (κ2) is 7.14. The summed E-state index contributed by atoms with van der Waals surface area (Å²) in [4.78, 5) is 21.6. The maximum Gasteiger partial charge on any atom is 0.209 e. The second-order valence-electron chi connectivity index (χ2n) is 6.67. The molecule has 0 amide bonds. The predicted octanol–water partition coefficient (Wildman–Crippen LogP) is 2.22. The lowest BCUT2D eigenvalue weighted by Gasteiger charge is -2.17. The maximum atomic E-state index is 13.2. The van der Waals surface area contributed by atoms with Crippen molar-refractivity contribution in [3.63, 3.8) is 0 Å². The van der Waals surface area contributed by atoms with Crippen LogP contribution in [0.5, 0.6) is 0 Å². The molecule has 3 aromatic rings. The van der Waals surface area contributed by atoms with Gasteiger partial charge in [0.05, 0.1) is 23.7 Å². The maximum absolute atomic E-state index is 13.2. The van der Waals surface area contributed by atoms with Crippen LogP contribution in [-0.4, -0.2) is 30.7 Å². The van der Waals surface area contributed by atoms with Crippen molar-refractivity contribution in [2.24, 2.45) is 0 Å². The summed E-state index contributed by atoms with van der Waals surface area (Å²) in [5, 5.41) is 3.69. The molecule has 1 aromatic carbocycles. The van der Waals surface area contributed by atoms with Crippen LogP contribution in [0.1, 0.15) is 11.1 Å². The SMILES string of the molecule is CS(=O)(=O)NC1C=Cc2ccc3ncc(Nc4ccncc4)cc3c(=O)c2C1. The van der Waals surface area contributed by atoms with Gasteiger partial charge in [-0.3, -0.25) is 14.8 Å². The summed E-state index contributed by atoms with van der Waals surface area (Å²) in [6.45, 7) is 0. The zero-order chi connectivity index (χ0) is 19.7. The lowest BCUT2D eigenvalue weighted by molar-refractivity contribution is 0.575. The number of anilines is 2. The van der Waals surface area contributed by atoms with Crippen molar-refractivity contribution in [3.8, 4) is 0 Å². The number of nitrogens with one attached hydrogen (secondary N) is 2. The van der Waals surface area contributed by atoms with E-state index in [-0.39, 0.29) is 5.43 Å². The minimum absolute atomic E-state index is 0.148. The normalized spacial score (nSPS) is 16.0. The molecular formula is C20H18N4O3S. The Labute approximate surface area is 162 Å². The van der Waals surface area contributed by atoms with Gasteiger partial charge in [-0.25, -0.2) is 13.1 Å². The molecule has 2 N–H and O–H groups in total. The van der Waals surface area contributed by atoms with Crippen molar-refractivity contribution >= 4 is 38.4 Å². The molecule has 0 fully saturated rings. The van der Waals surface area contributed by atoms with Gasteiger partial charge >= 0.3 is 0 Å². The number of rotatable bonds is 4. The quantitative estimate of drug-likeness (QED) is 0.704. The zero-order valence-corrected chi connectivity index (χ0v) is 15.9. The molecule has 28 heavy (non-hydrogen) atoms. The standard InChI is InChI=1S/C20H18N4O3S/c1-28(26,27)24-15-4-2-13-3-5-19-18(20(25)17(13)10-15)11-16(12-22-19)23-14-6-8-21-9-7-14/h2-9,11-12,15,24H,10H2,1H3,(H,21,23). The van der Waals surface area contributed by atoms with Crippen molar-refractivity contribution in [1.82, 2.24) is 14.7 Å². The molecule has 1 aliphatic rings. The Kier molecular flexibility index (Phi) is 4.66. The van der Waals surface area contributed by atoms with Gasteiger partial charge in [0.15, 0.2) is 5.43 Å². The van der Waals surface area contributed by atoms with Gasteiger partial charge < -0.3 is 5.32 Å². The molecule has 0 bridgehead atoms. The fourth-order valence-corrected chi connectivity index (χ4v) is 3.97. The minimum atomic E-state index is -3.37. The van der Waals surface area contributed by atoms with Crippen molar-refractivity contribution < 1.29 is 8.42 Å². The molecular weight excluding hydrogens is 376 g/mol. The highest BCUT2D eigenvalue weighted by molar-refractivity contribution is 7.88. The van der Waals surface area contributed by atoms with Crippen molar-refractivity contribution in [2.45, 2.75) is 12.5 Å². The first-order valence-electron chi connectivity index (χ1n) is 8.67. The molecule has 0 spiro atoms. The van der Waals surface area contributed by atoms with Gasteiger partial charge in [-0.05, 0) is 36.2 Å². The molecule has 1 unspecified atom stereocenters. The van der Waals surface area contributed by atoms with Gasteiger partial charge in [0.1, 0.15) is 0 Å². The topological polar surface area (TPSA) is 101 Å². The van der Waals surface area contributed by atoms with Gasteiger partial charge in [0, 0.05) is 35.1 Å². The van der Waals surface area contributed by atoms with E-state index in [1.54, 1.807) is 42.9 Å². The second-order valence-corrected chi connectivity index (χ2v) is 8.45. The Balaban J connectivity index is 1.77. The van der Waals surface area contributed by atoms with Crippen LogP contribution in [0.2, 0.25) is 0 Å². The smallest absolute Gasteiger partial charge is 0.209 e. The van der Waals surface area contributed by atoms with E-state index < -0.39 is 16.1 Å². The Bertz CT molecular complexity index is 1240. The lowest BCUT2D eigenvalue weighted by atomic mass is 9.96. The van der Waals surface area contributed by atoms with E-state index in [1.807, 2.05) is 18.2 Å². The van der Waals surface area contributed by atoms with Crippen molar-refractivity contribution in [2.75, 3.05) is 11.6 Å².